The van der Waals surface area contributed by atoms with E-state index in [0.29, 0.717) is 0 Å². The van der Waals surface area contributed by atoms with Crippen molar-refractivity contribution in [2.75, 3.05) is 20.3 Å². The zero-order chi connectivity index (χ0) is 11.8. The molecule has 16 heavy (non-hydrogen) atoms. The lowest BCUT2D eigenvalue weighted by Crippen LogP contribution is -2.18. The maximum atomic E-state index is 4.97. The fraction of sp³-hybridized carbons (Fsp3) is 0.750. The average Bonchev–Trinajstić information content (AvgIpc) is 2.70. The lowest BCUT2D eigenvalue weighted by atomic mass is 10.1. The van der Waals surface area contributed by atoms with Gasteiger partial charge in [-0.05, 0) is 18.8 Å². The molecule has 1 N–H and O–H groups in total. The number of nitrogens with zero attached hydrogens (tertiary/aromatic N) is 1. The summed E-state index contributed by atoms with van der Waals surface area (Å²) in [5.74, 6) is 0.757. The fourth-order valence-electron chi connectivity index (χ4n) is 1.35. The summed E-state index contributed by atoms with van der Waals surface area (Å²) in [6.45, 7) is 6.99. The van der Waals surface area contributed by atoms with Crippen molar-refractivity contribution >= 4 is 11.3 Å². The Hall–Kier alpha value is -0.450. The minimum atomic E-state index is 0.754. The van der Waals surface area contributed by atoms with E-state index in [2.05, 4.69) is 29.5 Å². The van der Waals surface area contributed by atoms with Crippen molar-refractivity contribution in [1.82, 2.24) is 10.3 Å². The third-order valence-corrected chi connectivity index (χ3v) is 3.28. The molecule has 0 aliphatic rings. The Morgan fingerprint density at radius 1 is 1.50 bits per heavy atom. The lowest BCUT2D eigenvalue weighted by molar-refractivity contribution is 0.199. The van der Waals surface area contributed by atoms with Gasteiger partial charge in [0.25, 0.3) is 0 Å². The molecule has 0 aliphatic carbocycles. The molecule has 1 rings (SSSR count). The van der Waals surface area contributed by atoms with Gasteiger partial charge in [-0.1, -0.05) is 13.8 Å². The van der Waals surface area contributed by atoms with Crippen LogP contribution in [0.1, 0.15) is 31.0 Å². The summed E-state index contributed by atoms with van der Waals surface area (Å²) in [6.07, 6.45) is 2.34. The summed E-state index contributed by atoms with van der Waals surface area (Å²) in [5, 5.41) is 6.71. The molecule has 0 saturated heterocycles. The highest BCUT2D eigenvalue weighted by Crippen LogP contribution is 2.14. The number of methoxy groups -OCH3 is 1. The molecule has 0 fully saturated rings. The Labute approximate surface area is 102 Å². The summed E-state index contributed by atoms with van der Waals surface area (Å²) in [6, 6.07) is 0. The minimum absolute atomic E-state index is 0.754. The van der Waals surface area contributed by atoms with Crippen LogP contribution in [-0.2, 0) is 17.7 Å². The van der Waals surface area contributed by atoms with E-state index in [9.17, 15) is 0 Å². The first-order chi connectivity index (χ1) is 7.72. The van der Waals surface area contributed by atoms with E-state index in [4.69, 9.17) is 4.74 Å². The number of ether oxygens (including phenoxy) is 1. The molecule has 0 aliphatic heterocycles. The first kappa shape index (κ1) is 13.6. The van der Waals surface area contributed by atoms with Crippen LogP contribution in [0.4, 0.5) is 0 Å². The molecule has 1 aromatic heterocycles. The van der Waals surface area contributed by atoms with Crippen LogP contribution in [0.25, 0.3) is 0 Å². The van der Waals surface area contributed by atoms with Crippen LogP contribution in [0, 0.1) is 5.92 Å². The smallest absolute Gasteiger partial charge is 0.0928 e. The fourth-order valence-corrected chi connectivity index (χ4v) is 2.16. The monoisotopic (exact) mass is 242 g/mol. The normalized spacial score (nSPS) is 11.2. The van der Waals surface area contributed by atoms with Crippen molar-refractivity contribution in [1.29, 1.82) is 0 Å². The molecule has 4 heteroatoms. The van der Waals surface area contributed by atoms with Crippen LogP contribution in [-0.4, -0.2) is 25.2 Å². The molecule has 0 aromatic carbocycles. The van der Waals surface area contributed by atoms with E-state index >= 15 is 0 Å². The predicted octanol–water partition coefficient (Wildman–Crippen LogP) is 2.47. The van der Waals surface area contributed by atoms with Gasteiger partial charge >= 0.3 is 0 Å². The molecule has 1 heterocycles. The number of aromatic nitrogens is 1. The Bertz CT molecular complexity index is 286. The molecule has 0 unspecified atom stereocenters. The highest BCUT2D eigenvalue weighted by Gasteiger charge is 2.03. The molecular formula is C12H22N2OS. The molecule has 0 saturated carbocycles. The second-order valence-electron chi connectivity index (χ2n) is 4.33. The van der Waals surface area contributed by atoms with Crippen molar-refractivity contribution in [2.45, 2.75) is 33.2 Å². The second-order valence-corrected chi connectivity index (χ2v) is 5.28. The molecular weight excluding hydrogens is 220 g/mol. The van der Waals surface area contributed by atoms with Gasteiger partial charge in [-0.3, -0.25) is 0 Å². The second kappa shape index (κ2) is 7.76. The van der Waals surface area contributed by atoms with Gasteiger partial charge in [0.05, 0.1) is 17.3 Å². The van der Waals surface area contributed by atoms with E-state index in [1.54, 1.807) is 18.4 Å². The van der Waals surface area contributed by atoms with Gasteiger partial charge in [0.15, 0.2) is 0 Å². The van der Waals surface area contributed by atoms with Gasteiger partial charge < -0.3 is 10.1 Å². The summed E-state index contributed by atoms with van der Waals surface area (Å²) in [5.41, 5.74) is 1.15. The summed E-state index contributed by atoms with van der Waals surface area (Å²) in [4.78, 5) is 4.60. The van der Waals surface area contributed by atoms with E-state index in [1.807, 2.05) is 0 Å². The van der Waals surface area contributed by atoms with E-state index < -0.39 is 0 Å². The standard InChI is InChI=1S/C12H22N2OS/c1-10(2)4-5-12-14-11(9-16-12)8-13-6-7-15-3/h9-10,13H,4-8H2,1-3H3. The topological polar surface area (TPSA) is 34.1 Å². The van der Waals surface area contributed by atoms with Gasteiger partial charge in [0.2, 0.25) is 0 Å². The van der Waals surface area contributed by atoms with Crippen LogP contribution >= 0.6 is 11.3 Å². The zero-order valence-corrected chi connectivity index (χ0v) is 11.3. The highest BCUT2D eigenvalue weighted by atomic mass is 32.1. The third kappa shape index (κ3) is 5.58. The summed E-state index contributed by atoms with van der Waals surface area (Å²) < 4.78 is 4.97. The number of hydrogen-bond donors (Lipinski definition) is 1. The van der Waals surface area contributed by atoms with Crippen molar-refractivity contribution in [2.24, 2.45) is 5.92 Å². The first-order valence-electron chi connectivity index (χ1n) is 5.85. The van der Waals surface area contributed by atoms with Gasteiger partial charge in [-0.25, -0.2) is 4.98 Å². The lowest BCUT2D eigenvalue weighted by Gasteiger charge is -2.01. The summed E-state index contributed by atoms with van der Waals surface area (Å²) in [7, 11) is 1.72. The largest absolute Gasteiger partial charge is 0.383 e. The van der Waals surface area contributed by atoms with Crippen molar-refractivity contribution in [3.63, 3.8) is 0 Å². The quantitative estimate of drug-likeness (QED) is 0.711. The molecule has 0 spiro atoms. The van der Waals surface area contributed by atoms with Crippen molar-refractivity contribution in [3.05, 3.63) is 16.1 Å². The Morgan fingerprint density at radius 3 is 3.00 bits per heavy atom. The molecule has 3 nitrogen and oxygen atoms in total. The number of rotatable bonds is 8. The molecule has 0 bridgehead atoms. The number of aryl methyl sites for hydroxylation is 1. The average molecular weight is 242 g/mol. The summed E-state index contributed by atoms with van der Waals surface area (Å²) >= 11 is 1.77. The number of thiazole rings is 1. The Balaban J connectivity index is 2.22. The van der Waals surface area contributed by atoms with Crippen molar-refractivity contribution < 1.29 is 4.74 Å². The molecule has 0 radical (unpaired) electrons. The SMILES string of the molecule is COCCNCc1csc(CCC(C)C)n1. The van der Waals surface area contributed by atoms with Crippen LogP contribution in [0.3, 0.4) is 0 Å². The number of hydrogen-bond acceptors (Lipinski definition) is 4. The van der Waals surface area contributed by atoms with E-state index in [-0.39, 0.29) is 0 Å². The molecule has 0 amide bonds. The zero-order valence-electron chi connectivity index (χ0n) is 10.5. The Morgan fingerprint density at radius 2 is 2.31 bits per heavy atom. The third-order valence-electron chi connectivity index (χ3n) is 2.32. The molecule has 0 atom stereocenters. The number of nitrogens with one attached hydrogen (secondary N) is 1. The first-order valence-corrected chi connectivity index (χ1v) is 6.73. The van der Waals surface area contributed by atoms with Gasteiger partial charge in [-0.2, -0.15) is 0 Å². The van der Waals surface area contributed by atoms with Crippen LogP contribution < -0.4 is 5.32 Å². The molecule has 92 valence electrons. The maximum absolute atomic E-state index is 4.97. The van der Waals surface area contributed by atoms with Gasteiger partial charge in [-0.15, -0.1) is 11.3 Å². The van der Waals surface area contributed by atoms with Gasteiger partial charge in [0, 0.05) is 25.6 Å². The predicted molar refractivity (Wildman–Crippen MR) is 68.9 cm³/mol. The highest BCUT2D eigenvalue weighted by molar-refractivity contribution is 7.09. The van der Waals surface area contributed by atoms with Crippen LogP contribution in [0.15, 0.2) is 5.38 Å². The molecule has 1 aromatic rings. The van der Waals surface area contributed by atoms with E-state index in [0.717, 1.165) is 37.7 Å². The minimum Gasteiger partial charge on any atom is -0.383 e. The van der Waals surface area contributed by atoms with Gasteiger partial charge in [0.1, 0.15) is 0 Å². The maximum Gasteiger partial charge on any atom is 0.0928 e. The van der Waals surface area contributed by atoms with Crippen molar-refractivity contribution in [3.8, 4) is 0 Å². The Kier molecular flexibility index (Phi) is 6.61. The van der Waals surface area contributed by atoms with E-state index in [1.165, 1.54) is 11.4 Å². The van der Waals surface area contributed by atoms with Crippen LogP contribution in [0.5, 0.6) is 0 Å². The van der Waals surface area contributed by atoms with Crippen LogP contribution in [0.2, 0.25) is 0 Å².